The predicted molar refractivity (Wildman–Crippen MR) is 118 cm³/mol. The number of carbonyl (C=O) groups is 1. The van der Waals surface area contributed by atoms with Crippen LogP contribution >= 0.6 is 0 Å². The van der Waals surface area contributed by atoms with E-state index in [0.29, 0.717) is 36.1 Å². The van der Waals surface area contributed by atoms with Gasteiger partial charge in [-0.15, -0.1) is 0 Å². The smallest absolute Gasteiger partial charge is 0.259 e. The van der Waals surface area contributed by atoms with E-state index in [9.17, 15) is 4.79 Å². The van der Waals surface area contributed by atoms with E-state index in [4.69, 9.17) is 9.51 Å². The highest BCUT2D eigenvalue weighted by Gasteiger charge is 2.30. The summed E-state index contributed by atoms with van der Waals surface area (Å²) in [5.74, 6) is 1.45. The second-order valence-corrected chi connectivity index (χ2v) is 8.29. The lowest BCUT2D eigenvalue weighted by Gasteiger charge is -2.32. The first-order chi connectivity index (χ1) is 14.9. The maximum absolute atomic E-state index is 13.0. The fraction of sp³-hybridized carbons (Fsp3) is 0.435. The molecular weight excluding hydrogens is 392 g/mol. The van der Waals surface area contributed by atoms with Crippen LogP contribution in [0.5, 0.6) is 0 Å². The van der Waals surface area contributed by atoms with Crippen LogP contribution in [0.25, 0.3) is 11.1 Å². The zero-order chi connectivity index (χ0) is 22.0. The Morgan fingerprint density at radius 1 is 1.19 bits per heavy atom. The molecule has 1 aliphatic heterocycles. The number of hydrogen-bond donors (Lipinski definition) is 1. The van der Waals surface area contributed by atoms with E-state index in [2.05, 4.69) is 34.3 Å². The van der Waals surface area contributed by atoms with Gasteiger partial charge in [0.05, 0.1) is 11.4 Å². The molecule has 0 bridgehead atoms. The van der Waals surface area contributed by atoms with Gasteiger partial charge in [-0.2, -0.15) is 0 Å². The third-order valence-electron chi connectivity index (χ3n) is 5.64. The second-order valence-electron chi connectivity index (χ2n) is 8.29. The van der Waals surface area contributed by atoms with Gasteiger partial charge < -0.3 is 14.7 Å². The van der Waals surface area contributed by atoms with Crippen LogP contribution in [0.3, 0.4) is 0 Å². The molecule has 0 unspecified atom stereocenters. The summed E-state index contributed by atoms with van der Waals surface area (Å²) in [5.41, 5.74) is 4.32. The first-order valence-corrected chi connectivity index (χ1v) is 10.7. The maximum atomic E-state index is 13.0. The van der Waals surface area contributed by atoms with Crippen LogP contribution in [-0.4, -0.2) is 50.0 Å². The van der Waals surface area contributed by atoms with E-state index >= 15 is 0 Å². The minimum absolute atomic E-state index is 0.00564. The lowest BCUT2D eigenvalue weighted by Crippen LogP contribution is -2.38. The Hall–Kier alpha value is -3.29. The molecule has 1 fully saturated rings. The van der Waals surface area contributed by atoms with Gasteiger partial charge in [-0.3, -0.25) is 9.78 Å². The van der Waals surface area contributed by atoms with Gasteiger partial charge in [0, 0.05) is 49.2 Å². The highest BCUT2D eigenvalue weighted by atomic mass is 16.5. The van der Waals surface area contributed by atoms with Crippen molar-refractivity contribution in [2.75, 3.05) is 18.4 Å². The number of anilines is 1. The van der Waals surface area contributed by atoms with Crippen LogP contribution in [-0.2, 0) is 0 Å². The van der Waals surface area contributed by atoms with Crippen molar-refractivity contribution in [1.29, 1.82) is 0 Å². The number of piperidine rings is 1. The van der Waals surface area contributed by atoms with Gasteiger partial charge in [-0.25, -0.2) is 9.97 Å². The first-order valence-electron chi connectivity index (χ1n) is 10.7. The van der Waals surface area contributed by atoms with Gasteiger partial charge in [0.15, 0.2) is 0 Å². The Morgan fingerprint density at radius 3 is 2.52 bits per heavy atom. The van der Waals surface area contributed by atoms with Crippen molar-refractivity contribution in [2.24, 2.45) is 0 Å². The molecule has 8 nitrogen and oxygen atoms in total. The molecule has 1 aliphatic rings. The monoisotopic (exact) mass is 420 g/mol. The topological polar surface area (TPSA) is 97.0 Å². The molecule has 0 saturated carbocycles. The molecule has 1 N–H and O–H groups in total. The van der Waals surface area contributed by atoms with Crippen LogP contribution in [0.15, 0.2) is 35.2 Å². The van der Waals surface area contributed by atoms with E-state index in [-0.39, 0.29) is 17.9 Å². The normalized spacial score (nSPS) is 14.8. The highest BCUT2D eigenvalue weighted by molar-refractivity contribution is 5.96. The zero-order valence-electron chi connectivity index (χ0n) is 18.4. The number of rotatable bonds is 5. The minimum Gasteiger partial charge on any atom is -0.361 e. The fourth-order valence-corrected chi connectivity index (χ4v) is 4.09. The van der Waals surface area contributed by atoms with Gasteiger partial charge in [-0.1, -0.05) is 5.16 Å². The third-order valence-corrected chi connectivity index (χ3v) is 5.64. The number of aromatic nitrogens is 4. The van der Waals surface area contributed by atoms with Gasteiger partial charge in [0.2, 0.25) is 5.95 Å². The van der Waals surface area contributed by atoms with Crippen LogP contribution in [0.4, 0.5) is 5.95 Å². The summed E-state index contributed by atoms with van der Waals surface area (Å²) >= 11 is 0. The van der Waals surface area contributed by atoms with E-state index in [0.717, 1.165) is 29.7 Å². The number of nitrogens with zero attached hydrogens (tertiary/aromatic N) is 5. The Bertz CT molecular complexity index is 1040. The highest BCUT2D eigenvalue weighted by Crippen LogP contribution is 2.35. The van der Waals surface area contributed by atoms with Crippen molar-refractivity contribution in [2.45, 2.75) is 52.5 Å². The molecule has 3 aromatic rings. The molecule has 0 aliphatic carbocycles. The fourth-order valence-electron chi connectivity index (χ4n) is 4.09. The maximum Gasteiger partial charge on any atom is 0.259 e. The van der Waals surface area contributed by atoms with Crippen molar-refractivity contribution in [3.05, 3.63) is 53.4 Å². The molecule has 0 spiro atoms. The lowest BCUT2D eigenvalue weighted by molar-refractivity contribution is 0.0710. The van der Waals surface area contributed by atoms with Crippen molar-refractivity contribution >= 4 is 11.9 Å². The van der Waals surface area contributed by atoms with Crippen molar-refractivity contribution in [3.8, 4) is 11.1 Å². The third kappa shape index (κ3) is 4.42. The van der Waals surface area contributed by atoms with Crippen LogP contribution in [0, 0.1) is 13.8 Å². The summed E-state index contributed by atoms with van der Waals surface area (Å²) < 4.78 is 5.18. The Morgan fingerprint density at radius 2 is 1.90 bits per heavy atom. The van der Waals surface area contributed by atoms with Crippen LogP contribution in [0.2, 0.25) is 0 Å². The van der Waals surface area contributed by atoms with Crippen molar-refractivity contribution in [1.82, 2.24) is 25.0 Å². The average Bonchev–Trinajstić information content (AvgIpc) is 3.11. The number of nitrogens with one attached hydrogen (secondary N) is 1. The first kappa shape index (κ1) is 21.0. The van der Waals surface area contributed by atoms with E-state index in [1.165, 1.54) is 0 Å². The summed E-state index contributed by atoms with van der Waals surface area (Å²) in [6.45, 7) is 9.06. The molecule has 1 saturated heterocycles. The molecule has 3 aromatic heterocycles. The Kier molecular flexibility index (Phi) is 5.97. The van der Waals surface area contributed by atoms with Crippen LogP contribution < -0.4 is 5.32 Å². The van der Waals surface area contributed by atoms with Crippen molar-refractivity contribution < 1.29 is 9.32 Å². The molecule has 0 aromatic carbocycles. The number of amides is 1. The standard InChI is InChI=1S/C23H28N6O2/c1-14(2)26-23-25-13-19(17-5-9-24-10-6-17)21(27-23)18-7-11-29(12-8-18)22(30)20-15(3)28-31-16(20)4/h5-6,9-10,13-14,18H,7-8,11-12H2,1-4H3,(H,25,26,27). The van der Waals surface area contributed by atoms with Crippen molar-refractivity contribution in [3.63, 3.8) is 0 Å². The molecule has 162 valence electrons. The average molecular weight is 421 g/mol. The van der Waals surface area contributed by atoms with Gasteiger partial charge in [0.1, 0.15) is 11.3 Å². The summed E-state index contributed by atoms with van der Waals surface area (Å²) in [6.07, 6.45) is 7.13. The van der Waals surface area contributed by atoms with Gasteiger partial charge in [-0.05, 0) is 58.2 Å². The molecule has 1 amide bonds. The Labute approximate surface area is 182 Å². The quantitative estimate of drug-likeness (QED) is 0.667. The van der Waals surface area contributed by atoms with Gasteiger partial charge in [0.25, 0.3) is 5.91 Å². The predicted octanol–water partition coefficient (Wildman–Crippen LogP) is 3.98. The second kappa shape index (κ2) is 8.83. The SMILES string of the molecule is Cc1noc(C)c1C(=O)N1CCC(c2nc(NC(C)C)ncc2-c2ccncc2)CC1. The molecule has 4 heterocycles. The van der Waals surface area contributed by atoms with E-state index < -0.39 is 0 Å². The molecule has 31 heavy (non-hydrogen) atoms. The molecule has 8 heteroatoms. The van der Waals surface area contributed by atoms with E-state index in [1.807, 2.05) is 30.2 Å². The minimum atomic E-state index is -0.00564. The summed E-state index contributed by atoms with van der Waals surface area (Å²) in [5, 5.41) is 7.23. The Balaban J connectivity index is 1.57. The summed E-state index contributed by atoms with van der Waals surface area (Å²) in [4.78, 5) is 28.4. The number of pyridine rings is 1. The zero-order valence-corrected chi connectivity index (χ0v) is 18.4. The number of aryl methyl sites for hydroxylation is 2. The molecule has 0 radical (unpaired) electrons. The summed E-state index contributed by atoms with van der Waals surface area (Å²) in [7, 11) is 0. The molecule has 0 atom stereocenters. The number of hydrogen-bond acceptors (Lipinski definition) is 7. The molecular formula is C23H28N6O2. The summed E-state index contributed by atoms with van der Waals surface area (Å²) in [6, 6.07) is 4.20. The largest absolute Gasteiger partial charge is 0.361 e. The van der Waals surface area contributed by atoms with E-state index in [1.54, 1.807) is 19.3 Å². The van der Waals surface area contributed by atoms with Gasteiger partial charge >= 0.3 is 0 Å². The van der Waals surface area contributed by atoms with Crippen LogP contribution in [0.1, 0.15) is 60.1 Å². The lowest BCUT2D eigenvalue weighted by atomic mass is 9.89. The number of likely N-dealkylation sites (tertiary alicyclic amines) is 1. The number of carbonyl (C=O) groups excluding carboxylic acids is 1. The molecule has 4 rings (SSSR count).